The Morgan fingerprint density at radius 3 is 2.25 bits per heavy atom. The summed E-state index contributed by atoms with van der Waals surface area (Å²) in [6, 6.07) is 2.27. The average Bonchev–Trinajstić information content (AvgIpc) is 2.45. The molecule has 0 aliphatic heterocycles. The van der Waals surface area contributed by atoms with E-state index in [-0.39, 0.29) is 5.91 Å². The molecule has 116 valence electrons. The summed E-state index contributed by atoms with van der Waals surface area (Å²) in [5.41, 5.74) is -0.803. The molecule has 0 aromatic carbocycles. The molecule has 0 heterocycles. The summed E-state index contributed by atoms with van der Waals surface area (Å²) in [5.74, 6) is 1.16. The summed E-state index contributed by atoms with van der Waals surface area (Å²) in [7, 11) is 0. The standard InChI is InChI=1S/C16H30N2OS/c1-4-10-16(14-17,11-5-2)15(19)18-12-8-6-7-9-13-20-3/h4-13H2,1-3H3,(H,18,19). The topological polar surface area (TPSA) is 52.9 Å². The first-order valence-corrected chi connectivity index (χ1v) is 9.24. The van der Waals surface area contributed by atoms with Crippen molar-refractivity contribution >= 4 is 17.7 Å². The number of nitrogens with zero attached hydrogens (tertiary/aromatic N) is 1. The fourth-order valence-corrected chi connectivity index (χ4v) is 2.96. The van der Waals surface area contributed by atoms with Crippen LogP contribution in [0.3, 0.4) is 0 Å². The Hall–Kier alpha value is -0.690. The molecule has 0 radical (unpaired) electrons. The number of nitriles is 1. The molecule has 0 atom stereocenters. The molecule has 0 aromatic rings. The van der Waals surface area contributed by atoms with Gasteiger partial charge in [-0.25, -0.2) is 0 Å². The van der Waals surface area contributed by atoms with Crippen LogP contribution < -0.4 is 5.32 Å². The van der Waals surface area contributed by atoms with Gasteiger partial charge in [0.1, 0.15) is 5.41 Å². The van der Waals surface area contributed by atoms with Crippen molar-refractivity contribution in [1.82, 2.24) is 5.32 Å². The molecule has 0 saturated carbocycles. The van der Waals surface area contributed by atoms with E-state index in [1.54, 1.807) is 0 Å². The van der Waals surface area contributed by atoms with Gasteiger partial charge in [0.2, 0.25) is 5.91 Å². The second-order valence-corrected chi connectivity index (χ2v) is 6.34. The molecule has 0 unspecified atom stereocenters. The van der Waals surface area contributed by atoms with Crippen molar-refractivity contribution in [3.05, 3.63) is 0 Å². The zero-order chi connectivity index (χ0) is 15.3. The van der Waals surface area contributed by atoms with Crippen LogP contribution in [0.5, 0.6) is 0 Å². The minimum absolute atomic E-state index is 0.0622. The maximum Gasteiger partial charge on any atom is 0.240 e. The lowest BCUT2D eigenvalue weighted by molar-refractivity contribution is -0.128. The van der Waals surface area contributed by atoms with E-state index < -0.39 is 5.41 Å². The molecule has 0 bridgehead atoms. The molecule has 3 nitrogen and oxygen atoms in total. The van der Waals surface area contributed by atoms with Crippen molar-refractivity contribution in [2.75, 3.05) is 18.6 Å². The number of hydrogen-bond acceptors (Lipinski definition) is 3. The number of amides is 1. The predicted molar refractivity (Wildman–Crippen MR) is 87.7 cm³/mol. The maximum atomic E-state index is 12.3. The summed E-state index contributed by atoms with van der Waals surface area (Å²) in [4.78, 5) is 12.3. The Morgan fingerprint density at radius 1 is 1.15 bits per heavy atom. The van der Waals surface area contributed by atoms with Crippen molar-refractivity contribution < 1.29 is 4.79 Å². The van der Waals surface area contributed by atoms with Gasteiger partial charge in [0.15, 0.2) is 0 Å². The van der Waals surface area contributed by atoms with Crippen molar-refractivity contribution in [1.29, 1.82) is 5.26 Å². The molecule has 0 aromatic heterocycles. The SMILES string of the molecule is CCCC(C#N)(CCC)C(=O)NCCCCCCSC. The van der Waals surface area contributed by atoms with E-state index in [1.165, 1.54) is 18.6 Å². The van der Waals surface area contributed by atoms with Crippen molar-refractivity contribution in [3.8, 4) is 6.07 Å². The highest BCUT2D eigenvalue weighted by Crippen LogP contribution is 2.29. The Balaban J connectivity index is 4.05. The molecule has 4 heteroatoms. The molecule has 0 fully saturated rings. The quantitative estimate of drug-likeness (QED) is 0.551. The normalized spacial score (nSPS) is 11.1. The zero-order valence-corrected chi connectivity index (χ0v) is 14.2. The number of hydrogen-bond donors (Lipinski definition) is 1. The van der Waals surface area contributed by atoms with Crippen LogP contribution in [0.1, 0.15) is 65.2 Å². The van der Waals surface area contributed by atoms with Crippen LogP contribution in [-0.4, -0.2) is 24.5 Å². The Kier molecular flexibility index (Phi) is 11.7. The van der Waals surface area contributed by atoms with Crippen LogP contribution in [0.4, 0.5) is 0 Å². The monoisotopic (exact) mass is 298 g/mol. The van der Waals surface area contributed by atoms with Gasteiger partial charge >= 0.3 is 0 Å². The van der Waals surface area contributed by atoms with Crippen LogP contribution >= 0.6 is 11.8 Å². The van der Waals surface area contributed by atoms with Gasteiger partial charge in [0.25, 0.3) is 0 Å². The van der Waals surface area contributed by atoms with E-state index in [1.807, 2.05) is 25.6 Å². The molecule has 0 spiro atoms. The molecule has 1 N–H and O–H groups in total. The van der Waals surface area contributed by atoms with Gasteiger partial charge in [0.05, 0.1) is 6.07 Å². The van der Waals surface area contributed by atoms with Crippen molar-refractivity contribution in [2.24, 2.45) is 5.41 Å². The molecule has 0 saturated heterocycles. The number of thioether (sulfide) groups is 1. The van der Waals surface area contributed by atoms with Gasteiger partial charge in [0, 0.05) is 6.54 Å². The van der Waals surface area contributed by atoms with Gasteiger partial charge in [-0.2, -0.15) is 17.0 Å². The Labute approximate surface area is 128 Å². The summed E-state index contributed by atoms with van der Waals surface area (Å²) >= 11 is 1.88. The summed E-state index contributed by atoms with van der Waals surface area (Å²) in [5, 5.41) is 12.4. The molecular weight excluding hydrogens is 268 g/mol. The Bertz CT molecular complexity index is 293. The third-order valence-corrected chi connectivity index (χ3v) is 4.26. The van der Waals surface area contributed by atoms with Crippen LogP contribution in [0.15, 0.2) is 0 Å². The van der Waals surface area contributed by atoms with E-state index in [0.717, 1.165) is 25.7 Å². The van der Waals surface area contributed by atoms with Gasteiger partial charge in [-0.1, -0.05) is 39.5 Å². The average molecular weight is 298 g/mol. The highest BCUT2D eigenvalue weighted by molar-refractivity contribution is 7.98. The first-order valence-electron chi connectivity index (χ1n) is 7.85. The lowest BCUT2D eigenvalue weighted by Gasteiger charge is -2.24. The summed E-state index contributed by atoms with van der Waals surface area (Å²) < 4.78 is 0. The number of rotatable bonds is 12. The first-order chi connectivity index (χ1) is 9.66. The van der Waals surface area contributed by atoms with E-state index in [4.69, 9.17) is 0 Å². The van der Waals surface area contributed by atoms with Gasteiger partial charge < -0.3 is 5.32 Å². The minimum atomic E-state index is -0.803. The zero-order valence-electron chi connectivity index (χ0n) is 13.3. The van der Waals surface area contributed by atoms with Crippen LogP contribution in [-0.2, 0) is 4.79 Å². The first kappa shape index (κ1) is 19.3. The van der Waals surface area contributed by atoms with Gasteiger partial charge in [-0.15, -0.1) is 0 Å². The highest BCUT2D eigenvalue weighted by atomic mass is 32.2. The van der Waals surface area contributed by atoms with Crippen LogP contribution in [0.25, 0.3) is 0 Å². The van der Waals surface area contributed by atoms with E-state index in [2.05, 4.69) is 17.6 Å². The fourth-order valence-electron chi connectivity index (χ4n) is 2.46. The molecule has 20 heavy (non-hydrogen) atoms. The smallest absolute Gasteiger partial charge is 0.240 e. The lowest BCUT2D eigenvalue weighted by atomic mass is 9.80. The highest BCUT2D eigenvalue weighted by Gasteiger charge is 2.36. The maximum absolute atomic E-state index is 12.3. The molecule has 0 rings (SSSR count). The Morgan fingerprint density at radius 2 is 1.75 bits per heavy atom. The van der Waals surface area contributed by atoms with Gasteiger partial charge in [-0.3, -0.25) is 4.79 Å². The molecule has 0 aliphatic rings. The summed E-state index contributed by atoms with van der Waals surface area (Å²) in [6.45, 7) is 4.76. The number of unbranched alkanes of at least 4 members (excludes halogenated alkanes) is 3. The van der Waals surface area contributed by atoms with Gasteiger partial charge in [-0.05, 0) is 37.7 Å². The predicted octanol–water partition coefficient (Wildman–Crippen LogP) is 4.14. The lowest BCUT2D eigenvalue weighted by Crippen LogP contribution is -2.40. The number of nitrogens with one attached hydrogen (secondary N) is 1. The van der Waals surface area contributed by atoms with E-state index >= 15 is 0 Å². The third-order valence-electron chi connectivity index (χ3n) is 3.56. The second kappa shape index (κ2) is 12.1. The summed E-state index contributed by atoms with van der Waals surface area (Å²) in [6.07, 6.45) is 9.84. The van der Waals surface area contributed by atoms with Crippen molar-refractivity contribution in [3.63, 3.8) is 0 Å². The van der Waals surface area contributed by atoms with Crippen molar-refractivity contribution in [2.45, 2.75) is 65.2 Å². The largest absolute Gasteiger partial charge is 0.355 e. The van der Waals surface area contributed by atoms with Crippen LogP contribution in [0, 0.1) is 16.7 Å². The molecular formula is C16H30N2OS. The third kappa shape index (κ3) is 7.19. The number of carbonyl (C=O) groups excluding carboxylic acids is 1. The van der Waals surface area contributed by atoms with E-state index in [9.17, 15) is 10.1 Å². The molecule has 1 amide bonds. The van der Waals surface area contributed by atoms with E-state index in [0.29, 0.717) is 19.4 Å². The minimum Gasteiger partial charge on any atom is -0.355 e. The fraction of sp³-hybridized carbons (Fsp3) is 0.875. The second-order valence-electron chi connectivity index (χ2n) is 5.36. The van der Waals surface area contributed by atoms with Crippen LogP contribution in [0.2, 0.25) is 0 Å². The number of carbonyl (C=O) groups is 1. The molecule has 0 aliphatic carbocycles.